The van der Waals surface area contributed by atoms with Crippen molar-refractivity contribution in [2.24, 2.45) is 0 Å². The molecule has 1 saturated heterocycles. The Morgan fingerprint density at radius 1 is 1.10 bits per heavy atom. The third-order valence-corrected chi connectivity index (χ3v) is 8.32. The van der Waals surface area contributed by atoms with Crippen LogP contribution in [0.25, 0.3) is 0 Å². The molecule has 0 aromatic heterocycles. The lowest BCUT2D eigenvalue weighted by Crippen LogP contribution is -2.65. The standard InChI is InChI=1S/C24H41N3O4S.C2HF3O2/c1-5-6-7-8-9-10-12-21-13-15-22(16-14-21)26(2)32(30,31)25-24(19-23(28)29)17-11-18-27(3,4)20-24;3-2(4,5)1(6)7/h13-16,25H,5-12,17-20H2,1-4H3;(H,6,7). The number of likely N-dealkylation sites (N-methyl/N-ethyl adjacent to an activating group) is 1. The molecule has 9 nitrogen and oxygen atoms in total. The predicted octanol–water partition coefficient (Wildman–Crippen LogP) is 3.24. The number of alkyl halides is 3. The molecule has 0 saturated carbocycles. The average Bonchev–Trinajstić information content (AvgIpc) is 2.79. The van der Waals surface area contributed by atoms with Crippen molar-refractivity contribution in [3.63, 3.8) is 0 Å². The second-order valence-electron chi connectivity index (χ2n) is 10.8. The van der Waals surface area contributed by atoms with E-state index in [2.05, 4.69) is 11.6 Å². The number of hydrogen-bond donors (Lipinski definition) is 2. The van der Waals surface area contributed by atoms with Crippen LogP contribution in [0.4, 0.5) is 18.9 Å². The number of nitrogens with one attached hydrogen (secondary N) is 1. The number of quaternary nitrogens is 1. The van der Waals surface area contributed by atoms with E-state index in [1.165, 1.54) is 49.0 Å². The van der Waals surface area contributed by atoms with E-state index in [0.29, 0.717) is 23.1 Å². The molecule has 1 unspecified atom stereocenters. The highest BCUT2D eigenvalue weighted by molar-refractivity contribution is 7.90. The minimum Gasteiger partial charge on any atom is -0.542 e. The van der Waals surface area contributed by atoms with Crippen molar-refractivity contribution in [3.8, 4) is 0 Å². The number of carboxylic acids is 2. The highest BCUT2D eigenvalue weighted by atomic mass is 32.2. The lowest BCUT2D eigenvalue weighted by molar-refractivity contribution is -0.899. The molecule has 1 aliphatic rings. The third kappa shape index (κ3) is 12.6. The van der Waals surface area contributed by atoms with Gasteiger partial charge in [-0.2, -0.15) is 26.3 Å². The number of piperidine rings is 1. The van der Waals surface area contributed by atoms with Gasteiger partial charge in [0.1, 0.15) is 5.97 Å². The van der Waals surface area contributed by atoms with Crippen LogP contribution in [0, 0.1) is 0 Å². The number of likely N-dealkylation sites (tertiary alicyclic amines) is 1. The Kier molecular flexibility index (Phi) is 13.2. The number of anilines is 1. The summed E-state index contributed by atoms with van der Waals surface area (Å²) in [6, 6.07) is 7.63. The molecule has 1 aromatic carbocycles. The number of nitrogens with zero attached hydrogens (tertiary/aromatic N) is 2. The summed E-state index contributed by atoms with van der Waals surface area (Å²) in [5.41, 5.74) is 0.786. The van der Waals surface area contributed by atoms with Crippen LogP contribution in [0.1, 0.15) is 70.3 Å². The van der Waals surface area contributed by atoms with Crippen molar-refractivity contribution in [1.29, 1.82) is 0 Å². The van der Waals surface area contributed by atoms with E-state index in [0.717, 1.165) is 25.8 Å². The fraction of sp³-hybridized carbons (Fsp3) is 0.692. The van der Waals surface area contributed by atoms with E-state index in [1.54, 1.807) is 0 Å². The quantitative estimate of drug-likeness (QED) is 0.272. The number of carbonyl (C=O) groups excluding carboxylic acids is 1. The van der Waals surface area contributed by atoms with E-state index in [-0.39, 0.29) is 6.42 Å². The van der Waals surface area contributed by atoms with Crippen LogP contribution in [0.5, 0.6) is 0 Å². The van der Waals surface area contributed by atoms with Gasteiger partial charge < -0.3 is 19.5 Å². The maximum absolute atomic E-state index is 13.2. The zero-order valence-corrected chi connectivity index (χ0v) is 24.0. The fourth-order valence-corrected chi connectivity index (χ4v) is 6.16. The molecule has 13 heteroatoms. The van der Waals surface area contributed by atoms with Crippen molar-refractivity contribution in [2.75, 3.05) is 38.5 Å². The second kappa shape index (κ2) is 14.8. The molecule has 0 spiro atoms. The van der Waals surface area contributed by atoms with Gasteiger partial charge in [0, 0.05) is 7.05 Å². The molecule has 0 bridgehead atoms. The first kappa shape index (κ1) is 34.6. The Hall–Kier alpha value is -2.38. The van der Waals surface area contributed by atoms with Gasteiger partial charge in [0.15, 0.2) is 0 Å². The minimum absolute atomic E-state index is 0.223. The normalized spacial score (nSPS) is 19.1. The average molecular weight is 582 g/mol. The van der Waals surface area contributed by atoms with E-state index in [1.807, 2.05) is 38.4 Å². The van der Waals surface area contributed by atoms with Gasteiger partial charge in [-0.1, -0.05) is 51.2 Å². The summed E-state index contributed by atoms with van der Waals surface area (Å²) in [4.78, 5) is 20.3. The topological polar surface area (TPSA) is 127 Å². The Labute approximate surface area is 229 Å². The molecule has 0 aliphatic carbocycles. The van der Waals surface area contributed by atoms with Crippen molar-refractivity contribution in [3.05, 3.63) is 29.8 Å². The van der Waals surface area contributed by atoms with Gasteiger partial charge >= 0.3 is 22.4 Å². The summed E-state index contributed by atoms with van der Waals surface area (Å²) in [7, 11) is 1.64. The SMILES string of the molecule is CCCCCCCCc1ccc(N(C)S(=O)(=O)NC2(CC(=O)O)CCC[N+](C)(C)C2)cc1.O=C([O-])C(F)(F)F. The van der Waals surface area contributed by atoms with Gasteiger partial charge in [0.05, 0.1) is 44.8 Å². The molecular weight excluding hydrogens is 539 g/mol. The summed E-state index contributed by atoms with van der Waals surface area (Å²) in [5.74, 6) is -4.00. The van der Waals surface area contributed by atoms with Crippen molar-refractivity contribution >= 4 is 27.8 Å². The van der Waals surface area contributed by atoms with Crippen LogP contribution in [0.3, 0.4) is 0 Å². The van der Waals surface area contributed by atoms with Gasteiger partial charge in [-0.25, -0.2) is 0 Å². The molecule has 2 N–H and O–H groups in total. The highest BCUT2D eigenvalue weighted by Gasteiger charge is 2.46. The zero-order chi connectivity index (χ0) is 29.9. The summed E-state index contributed by atoms with van der Waals surface area (Å²) in [6.07, 6.45) is 4.36. The first-order chi connectivity index (χ1) is 17.9. The van der Waals surface area contributed by atoms with E-state index < -0.39 is 33.9 Å². The van der Waals surface area contributed by atoms with Crippen molar-refractivity contribution in [2.45, 2.75) is 82.8 Å². The molecule has 2 rings (SSSR count). The molecular formula is C26H42F3N3O6S. The largest absolute Gasteiger partial charge is 0.542 e. The molecule has 1 aromatic rings. The molecule has 1 heterocycles. The highest BCUT2D eigenvalue weighted by Crippen LogP contribution is 2.29. The lowest BCUT2D eigenvalue weighted by atomic mass is 9.86. The third-order valence-electron chi connectivity index (χ3n) is 6.70. The van der Waals surface area contributed by atoms with Crippen LogP contribution in [0.2, 0.25) is 0 Å². The fourth-order valence-electron chi connectivity index (χ4n) is 4.84. The molecule has 0 amide bonds. The molecule has 1 fully saturated rings. The first-order valence-corrected chi connectivity index (χ1v) is 14.6. The monoisotopic (exact) mass is 581 g/mol. The Balaban J connectivity index is 0.000000956. The van der Waals surface area contributed by atoms with E-state index in [4.69, 9.17) is 9.90 Å². The summed E-state index contributed by atoms with van der Waals surface area (Å²) < 4.78 is 62.5. The number of unbranched alkanes of at least 4 members (excludes halogenated alkanes) is 5. The Morgan fingerprint density at radius 2 is 1.64 bits per heavy atom. The number of carboxylic acid groups (broad SMARTS) is 2. The van der Waals surface area contributed by atoms with E-state index in [9.17, 15) is 31.5 Å². The summed E-state index contributed by atoms with van der Waals surface area (Å²) >= 11 is 0. The predicted molar refractivity (Wildman–Crippen MR) is 141 cm³/mol. The Bertz CT molecular complexity index is 1030. The van der Waals surface area contributed by atoms with Gasteiger partial charge in [-0.15, -0.1) is 0 Å². The van der Waals surface area contributed by atoms with Crippen molar-refractivity contribution < 1.29 is 45.9 Å². The van der Waals surface area contributed by atoms with Gasteiger partial charge in [0.2, 0.25) is 0 Å². The van der Waals surface area contributed by atoms with E-state index >= 15 is 0 Å². The molecule has 0 radical (unpaired) electrons. The first-order valence-electron chi connectivity index (χ1n) is 13.1. The smallest absolute Gasteiger partial charge is 0.430 e. The van der Waals surface area contributed by atoms with Gasteiger partial charge in [-0.05, 0) is 43.4 Å². The number of carbonyl (C=O) groups is 2. The Morgan fingerprint density at radius 3 is 2.13 bits per heavy atom. The zero-order valence-electron chi connectivity index (χ0n) is 23.2. The number of aliphatic carboxylic acids is 2. The molecule has 224 valence electrons. The summed E-state index contributed by atoms with van der Waals surface area (Å²) in [5, 5.41) is 18.2. The van der Waals surface area contributed by atoms with Crippen LogP contribution < -0.4 is 14.1 Å². The maximum Gasteiger partial charge on any atom is 0.430 e. The number of aryl methyl sites for hydroxylation is 1. The minimum atomic E-state index is -5.19. The van der Waals surface area contributed by atoms with Crippen molar-refractivity contribution in [1.82, 2.24) is 4.72 Å². The molecule has 39 heavy (non-hydrogen) atoms. The maximum atomic E-state index is 13.2. The number of benzene rings is 1. The number of halogens is 3. The van der Waals surface area contributed by atoms with Crippen LogP contribution >= 0.6 is 0 Å². The molecule has 1 atom stereocenters. The second-order valence-corrected chi connectivity index (χ2v) is 12.5. The van der Waals surface area contributed by atoms with Crippen LogP contribution in [-0.4, -0.2) is 75.9 Å². The summed E-state index contributed by atoms with van der Waals surface area (Å²) in [6.45, 7) is 3.57. The number of rotatable bonds is 13. The van der Waals surface area contributed by atoms with Gasteiger partial charge in [-0.3, -0.25) is 9.10 Å². The van der Waals surface area contributed by atoms with Crippen LogP contribution in [-0.2, 0) is 26.2 Å². The van der Waals surface area contributed by atoms with Gasteiger partial charge in [0.25, 0.3) is 0 Å². The molecule has 1 aliphatic heterocycles. The lowest BCUT2D eigenvalue weighted by Gasteiger charge is -2.45. The van der Waals surface area contributed by atoms with Crippen LogP contribution in [0.15, 0.2) is 24.3 Å². The number of hydrogen-bond acceptors (Lipinski definition) is 5.